The highest BCUT2D eigenvalue weighted by atomic mass is 16.6. The number of hydrogen-bond acceptors (Lipinski definition) is 4. The molecule has 2 amide bonds. The number of benzene rings is 1. The van der Waals surface area contributed by atoms with Crippen LogP contribution < -0.4 is 5.32 Å². The molecule has 4 rings (SSSR count). The van der Waals surface area contributed by atoms with Crippen molar-refractivity contribution in [3.05, 3.63) is 42.2 Å². The number of aryl methyl sites for hydroxylation is 1. The van der Waals surface area contributed by atoms with Gasteiger partial charge in [0.15, 0.2) is 0 Å². The summed E-state index contributed by atoms with van der Waals surface area (Å²) in [5, 5.41) is 7.46. The zero-order chi connectivity index (χ0) is 17.3. The summed E-state index contributed by atoms with van der Waals surface area (Å²) in [5.41, 5.74) is 2.17. The Labute approximate surface area is 146 Å². The van der Waals surface area contributed by atoms with E-state index < -0.39 is 0 Å². The van der Waals surface area contributed by atoms with Gasteiger partial charge in [0, 0.05) is 25.8 Å². The van der Waals surface area contributed by atoms with E-state index in [4.69, 9.17) is 9.47 Å². The monoisotopic (exact) mass is 342 g/mol. The predicted molar refractivity (Wildman–Crippen MR) is 93.0 cm³/mol. The molecule has 2 aliphatic heterocycles. The van der Waals surface area contributed by atoms with Gasteiger partial charge in [-0.25, -0.2) is 9.48 Å². The summed E-state index contributed by atoms with van der Waals surface area (Å²) in [6, 6.07) is 9.48. The summed E-state index contributed by atoms with van der Waals surface area (Å²) in [5.74, 6) is 0. The SMILES string of the molecule is Cc1ccn(-c2ccccc2NC(=O)N2CCO[C@@]3(CCOC3)C2)n1. The average molecular weight is 342 g/mol. The van der Waals surface area contributed by atoms with E-state index in [1.807, 2.05) is 48.4 Å². The second-order valence-electron chi connectivity index (χ2n) is 6.60. The number of carbonyl (C=O) groups is 1. The second kappa shape index (κ2) is 6.50. The summed E-state index contributed by atoms with van der Waals surface area (Å²) >= 11 is 0. The number of anilines is 1. The van der Waals surface area contributed by atoms with E-state index in [-0.39, 0.29) is 11.6 Å². The maximum Gasteiger partial charge on any atom is 0.322 e. The number of nitrogens with zero attached hydrogens (tertiary/aromatic N) is 3. The van der Waals surface area contributed by atoms with Crippen molar-refractivity contribution in [2.45, 2.75) is 18.9 Å². The van der Waals surface area contributed by atoms with Crippen molar-refractivity contribution in [1.29, 1.82) is 0 Å². The normalized spacial score (nSPS) is 23.2. The Morgan fingerprint density at radius 3 is 2.92 bits per heavy atom. The van der Waals surface area contributed by atoms with Gasteiger partial charge in [0.2, 0.25) is 0 Å². The summed E-state index contributed by atoms with van der Waals surface area (Å²) < 4.78 is 13.1. The molecule has 2 aliphatic rings. The minimum Gasteiger partial charge on any atom is -0.378 e. The molecule has 2 fully saturated rings. The number of rotatable bonds is 2. The number of hydrogen-bond donors (Lipinski definition) is 1. The number of carbonyl (C=O) groups excluding carboxylic acids is 1. The van der Waals surface area contributed by atoms with Crippen LogP contribution in [0.3, 0.4) is 0 Å². The molecule has 0 aliphatic carbocycles. The number of para-hydroxylation sites is 2. The molecule has 7 heteroatoms. The Morgan fingerprint density at radius 2 is 2.16 bits per heavy atom. The van der Waals surface area contributed by atoms with Crippen LogP contribution in [0, 0.1) is 6.92 Å². The Morgan fingerprint density at radius 1 is 1.28 bits per heavy atom. The van der Waals surface area contributed by atoms with Crippen LogP contribution in [0.2, 0.25) is 0 Å². The zero-order valence-corrected chi connectivity index (χ0v) is 14.3. The smallest absolute Gasteiger partial charge is 0.322 e. The highest BCUT2D eigenvalue weighted by molar-refractivity contribution is 5.91. The Bertz CT molecular complexity index is 767. The van der Waals surface area contributed by atoms with Gasteiger partial charge in [0.05, 0.1) is 36.8 Å². The molecule has 0 saturated carbocycles. The van der Waals surface area contributed by atoms with Crippen molar-refractivity contribution < 1.29 is 14.3 Å². The molecule has 1 aromatic carbocycles. The Balaban J connectivity index is 1.51. The summed E-state index contributed by atoms with van der Waals surface area (Å²) in [7, 11) is 0. The number of morpholine rings is 1. The molecule has 0 unspecified atom stereocenters. The first-order valence-corrected chi connectivity index (χ1v) is 8.55. The van der Waals surface area contributed by atoms with Crippen LogP contribution in [-0.4, -0.2) is 59.2 Å². The number of nitrogens with one attached hydrogen (secondary N) is 1. The lowest BCUT2D eigenvalue weighted by atomic mass is 10.0. The fourth-order valence-electron chi connectivity index (χ4n) is 3.37. The van der Waals surface area contributed by atoms with Crippen LogP contribution in [0.15, 0.2) is 36.5 Å². The lowest BCUT2D eigenvalue weighted by Crippen LogP contribution is -2.55. The third-order valence-electron chi connectivity index (χ3n) is 4.72. The fraction of sp³-hybridized carbons (Fsp3) is 0.444. The van der Waals surface area contributed by atoms with Gasteiger partial charge in [-0.1, -0.05) is 12.1 Å². The van der Waals surface area contributed by atoms with E-state index in [0.29, 0.717) is 32.9 Å². The van der Waals surface area contributed by atoms with Crippen LogP contribution in [0.4, 0.5) is 10.5 Å². The molecular weight excluding hydrogens is 320 g/mol. The highest BCUT2D eigenvalue weighted by Crippen LogP contribution is 2.28. The average Bonchev–Trinajstić information content (AvgIpc) is 3.25. The van der Waals surface area contributed by atoms with E-state index in [0.717, 1.165) is 23.5 Å². The maximum atomic E-state index is 12.8. The fourth-order valence-corrected chi connectivity index (χ4v) is 3.37. The van der Waals surface area contributed by atoms with E-state index >= 15 is 0 Å². The minimum absolute atomic E-state index is 0.120. The number of amides is 2. The first-order valence-electron chi connectivity index (χ1n) is 8.55. The van der Waals surface area contributed by atoms with E-state index in [1.54, 1.807) is 4.68 Å². The number of urea groups is 1. The quantitative estimate of drug-likeness (QED) is 0.908. The first kappa shape index (κ1) is 16.1. The van der Waals surface area contributed by atoms with Crippen molar-refractivity contribution in [2.75, 3.05) is 38.2 Å². The van der Waals surface area contributed by atoms with Crippen molar-refractivity contribution in [3.63, 3.8) is 0 Å². The standard InChI is InChI=1S/C18H22N4O3/c1-14-6-8-22(20-14)16-5-3-2-4-15(16)19-17(23)21-9-11-25-18(12-21)7-10-24-13-18/h2-6,8H,7,9-13H2,1H3,(H,19,23)/t18-/m0/s1. The molecule has 132 valence electrons. The second-order valence-corrected chi connectivity index (χ2v) is 6.60. The number of aromatic nitrogens is 2. The third kappa shape index (κ3) is 3.25. The Hall–Kier alpha value is -2.38. The van der Waals surface area contributed by atoms with Gasteiger partial charge in [-0.3, -0.25) is 0 Å². The molecule has 2 saturated heterocycles. The van der Waals surface area contributed by atoms with Gasteiger partial charge in [0.25, 0.3) is 0 Å². The van der Waals surface area contributed by atoms with Crippen LogP contribution in [0.1, 0.15) is 12.1 Å². The van der Waals surface area contributed by atoms with Crippen LogP contribution in [0.5, 0.6) is 0 Å². The van der Waals surface area contributed by atoms with Crippen molar-refractivity contribution in [1.82, 2.24) is 14.7 Å². The molecule has 2 aromatic rings. The molecule has 1 aromatic heterocycles. The molecule has 1 N–H and O–H groups in total. The molecule has 25 heavy (non-hydrogen) atoms. The van der Waals surface area contributed by atoms with Crippen LogP contribution in [0.25, 0.3) is 5.69 Å². The summed E-state index contributed by atoms with van der Waals surface area (Å²) in [6.45, 7) is 4.86. The molecule has 7 nitrogen and oxygen atoms in total. The lowest BCUT2D eigenvalue weighted by molar-refractivity contribution is -0.0964. The number of ether oxygens (including phenoxy) is 2. The molecule has 0 radical (unpaired) electrons. The molecule has 1 spiro atoms. The first-order chi connectivity index (χ1) is 12.2. The molecule has 1 atom stereocenters. The summed E-state index contributed by atoms with van der Waals surface area (Å²) in [4.78, 5) is 14.6. The third-order valence-corrected chi connectivity index (χ3v) is 4.72. The predicted octanol–water partition coefficient (Wildman–Crippen LogP) is 2.20. The highest BCUT2D eigenvalue weighted by Gasteiger charge is 2.41. The van der Waals surface area contributed by atoms with Gasteiger partial charge in [0.1, 0.15) is 5.60 Å². The largest absolute Gasteiger partial charge is 0.378 e. The minimum atomic E-state index is -0.339. The van der Waals surface area contributed by atoms with Crippen molar-refractivity contribution in [3.8, 4) is 5.69 Å². The van der Waals surface area contributed by atoms with Crippen LogP contribution >= 0.6 is 0 Å². The van der Waals surface area contributed by atoms with Gasteiger partial charge in [-0.05, 0) is 25.1 Å². The van der Waals surface area contributed by atoms with E-state index in [1.165, 1.54) is 0 Å². The maximum absolute atomic E-state index is 12.8. The summed E-state index contributed by atoms with van der Waals surface area (Å²) in [6.07, 6.45) is 2.72. The lowest BCUT2D eigenvalue weighted by Gasteiger charge is -2.39. The van der Waals surface area contributed by atoms with Gasteiger partial charge in [-0.15, -0.1) is 0 Å². The van der Waals surface area contributed by atoms with Crippen molar-refractivity contribution in [2.24, 2.45) is 0 Å². The molecule has 3 heterocycles. The van der Waals surface area contributed by atoms with Gasteiger partial charge in [-0.2, -0.15) is 5.10 Å². The molecular formula is C18H22N4O3. The Kier molecular flexibility index (Phi) is 4.19. The van der Waals surface area contributed by atoms with Gasteiger partial charge < -0.3 is 19.7 Å². The topological polar surface area (TPSA) is 68.6 Å². The zero-order valence-electron chi connectivity index (χ0n) is 14.3. The van der Waals surface area contributed by atoms with Crippen molar-refractivity contribution >= 4 is 11.7 Å². The van der Waals surface area contributed by atoms with E-state index in [2.05, 4.69) is 10.4 Å². The van der Waals surface area contributed by atoms with Gasteiger partial charge >= 0.3 is 6.03 Å². The van der Waals surface area contributed by atoms with Crippen LogP contribution in [-0.2, 0) is 9.47 Å². The molecule has 0 bridgehead atoms. The van der Waals surface area contributed by atoms with E-state index in [9.17, 15) is 4.79 Å².